The number of fused-ring (bicyclic) bond motifs is 1. The molecule has 1 fully saturated rings. The number of aromatic nitrogens is 1. The molecule has 2 heterocycles. The van der Waals surface area contributed by atoms with Crippen LogP contribution in [0.25, 0.3) is 10.9 Å². The van der Waals surface area contributed by atoms with E-state index in [-0.39, 0.29) is 10.9 Å². The largest absolute Gasteiger partial charge is 0.417 e. The molecule has 1 saturated heterocycles. The zero-order valence-electron chi connectivity index (χ0n) is 14.8. The second-order valence-corrected chi connectivity index (χ2v) is 7.10. The summed E-state index contributed by atoms with van der Waals surface area (Å²) in [6, 6.07) is 5.08. The first kappa shape index (κ1) is 18.0. The molecule has 0 unspecified atom stereocenters. The molecule has 0 atom stereocenters. The van der Waals surface area contributed by atoms with Crippen molar-refractivity contribution in [2.24, 2.45) is 7.05 Å². The fourth-order valence-corrected chi connectivity index (χ4v) is 3.51. The summed E-state index contributed by atoms with van der Waals surface area (Å²) in [5.41, 5.74) is -0.287. The summed E-state index contributed by atoms with van der Waals surface area (Å²) in [5, 5.41) is 0.124. The molecule has 0 aliphatic carbocycles. The Morgan fingerprint density at radius 2 is 1.88 bits per heavy atom. The number of halogens is 3. The predicted octanol–water partition coefficient (Wildman–Crippen LogP) is 3.93. The number of nitrogens with zero attached hydrogens (tertiary/aromatic N) is 2. The molecule has 25 heavy (non-hydrogen) atoms. The van der Waals surface area contributed by atoms with E-state index < -0.39 is 23.2 Å². The summed E-state index contributed by atoms with van der Waals surface area (Å²) in [7, 11) is 1.54. The normalized spacial score (nSPS) is 15.8. The number of aryl methyl sites for hydroxylation is 1. The van der Waals surface area contributed by atoms with Crippen molar-refractivity contribution in [1.29, 1.82) is 0 Å². The predicted molar refractivity (Wildman–Crippen MR) is 93.0 cm³/mol. The molecule has 6 heteroatoms. The third-order valence-electron chi connectivity index (χ3n) is 5.02. The molecule has 0 bridgehead atoms. The number of pyridine rings is 1. The van der Waals surface area contributed by atoms with Gasteiger partial charge in [-0.25, -0.2) is 0 Å². The maximum Gasteiger partial charge on any atom is 0.417 e. The zero-order valence-corrected chi connectivity index (χ0v) is 14.8. The van der Waals surface area contributed by atoms with E-state index in [4.69, 9.17) is 0 Å². The van der Waals surface area contributed by atoms with Gasteiger partial charge in [-0.05, 0) is 49.5 Å². The van der Waals surface area contributed by atoms with Crippen LogP contribution in [0.3, 0.4) is 0 Å². The molecular weight excluding hydrogens is 329 g/mol. The van der Waals surface area contributed by atoms with Gasteiger partial charge in [-0.2, -0.15) is 13.2 Å². The summed E-state index contributed by atoms with van der Waals surface area (Å²) in [5.74, 6) is -0.496. The van der Waals surface area contributed by atoms with Gasteiger partial charge in [-0.3, -0.25) is 4.79 Å². The lowest BCUT2D eigenvalue weighted by Crippen LogP contribution is -2.38. The van der Waals surface area contributed by atoms with Crippen LogP contribution >= 0.6 is 0 Å². The van der Waals surface area contributed by atoms with Crippen molar-refractivity contribution >= 4 is 10.9 Å². The quantitative estimate of drug-likeness (QED) is 0.833. The van der Waals surface area contributed by atoms with E-state index >= 15 is 0 Å². The summed E-state index contributed by atoms with van der Waals surface area (Å²) < 4.78 is 42.7. The Hall–Kier alpha value is -1.82. The number of hydrogen-bond acceptors (Lipinski definition) is 2. The number of benzene rings is 1. The first-order chi connectivity index (χ1) is 11.7. The highest BCUT2D eigenvalue weighted by molar-refractivity contribution is 5.85. The van der Waals surface area contributed by atoms with Crippen LogP contribution in [0.1, 0.15) is 42.9 Å². The Balaban J connectivity index is 2.18. The SMILES string of the molecule is CC(C)c1c(C(F)(F)F)c2cc(CCN3CCC3)ccc2n(C)c1=O. The number of hydrogen-bond donors (Lipinski definition) is 0. The van der Waals surface area contributed by atoms with Crippen molar-refractivity contribution in [3.05, 3.63) is 45.2 Å². The highest BCUT2D eigenvalue weighted by Gasteiger charge is 2.38. The van der Waals surface area contributed by atoms with Crippen LogP contribution in [0.2, 0.25) is 0 Å². The van der Waals surface area contributed by atoms with Gasteiger partial charge in [-0.1, -0.05) is 19.9 Å². The Labute approximate surface area is 145 Å². The van der Waals surface area contributed by atoms with Crippen molar-refractivity contribution in [1.82, 2.24) is 9.47 Å². The van der Waals surface area contributed by atoms with Crippen molar-refractivity contribution in [2.75, 3.05) is 19.6 Å². The van der Waals surface area contributed by atoms with Crippen LogP contribution in [0.15, 0.2) is 23.0 Å². The fraction of sp³-hybridized carbons (Fsp3) is 0.526. The minimum absolute atomic E-state index is 0.124. The second kappa shape index (κ2) is 6.48. The van der Waals surface area contributed by atoms with Gasteiger partial charge in [0.2, 0.25) is 0 Å². The molecule has 0 saturated carbocycles. The summed E-state index contributed by atoms with van der Waals surface area (Å²) in [6.45, 7) is 6.24. The third kappa shape index (κ3) is 3.32. The Bertz CT molecular complexity index is 848. The van der Waals surface area contributed by atoms with Crippen LogP contribution in [0, 0.1) is 0 Å². The van der Waals surface area contributed by atoms with Crippen LogP contribution < -0.4 is 5.56 Å². The molecule has 0 radical (unpaired) electrons. The van der Waals surface area contributed by atoms with Crippen molar-refractivity contribution in [3.8, 4) is 0 Å². The smallest absolute Gasteiger partial charge is 0.311 e. The molecule has 1 aliphatic heterocycles. The van der Waals surface area contributed by atoms with Gasteiger partial charge in [0, 0.05) is 24.5 Å². The Kier molecular flexibility index (Phi) is 4.66. The van der Waals surface area contributed by atoms with E-state index in [9.17, 15) is 18.0 Å². The Morgan fingerprint density at radius 3 is 2.40 bits per heavy atom. The number of rotatable bonds is 4. The molecule has 2 aromatic rings. The molecule has 3 nitrogen and oxygen atoms in total. The van der Waals surface area contributed by atoms with Gasteiger partial charge in [0.25, 0.3) is 5.56 Å². The highest BCUT2D eigenvalue weighted by Crippen LogP contribution is 2.38. The molecule has 3 rings (SSSR count). The van der Waals surface area contributed by atoms with E-state index in [1.165, 1.54) is 18.0 Å². The van der Waals surface area contributed by atoms with Crippen LogP contribution in [0.4, 0.5) is 13.2 Å². The minimum Gasteiger partial charge on any atom is -0.311 e. The molecule has 1 aliphatic rings. The first-order valence-electron chi connectivity index (χ1n) is 8.65. The molecule has 1 aromatic carbocycles. The molecular formula is C19H23F3N2O. The zero-order chi connectivity index (χ0) is 18.4. The molecule has 0 spiro atoms. The lowest BCUT2D eigenvalue weighted by Gasteiger charge is -2.30. The van der Waals surface area contributed by atoms with Gasteiger partial charge < -0.3 is 9.47 Å². The molecule has 1 aromatic heterocycles. The van der Waals surface area contributed by atoms with Gasteiger partial charge in [0.15, 0.2) is 0 Å². The minimum atomic E-state index is -4.55. The third-order valence-corrected chi connectivity index (χ3v) is 5.02. The lowest BCUT2D eigenvalue weighted by molar-refractivity contribution is -0.137. The van der Waals surface area contributed by atoms with Crippen molar-refractivity contribution in [2.45, 2.75) is 38.8 Å². The summed E-state index contributed by atoms with van der Waals surface area (Å²) >= 11 is 0. The molecule has 136 valence electrons. The molecule has 0 N–H and O–H groups in total. The summed E-state index contributed by atoms with van der Waals surface area (Å²) in [6.07, 6.45) is -2.65. The topological polar surface area (TPSA) is 25.2 Å². The van der Waals surface area contributed by atoms with Crippen LogP contribution in [-0.4, -0.2) is 29.1 Å². The monoisotopic (exact) mass is 352 g/mol. The summed E-state index contributed by atoms with van der Waals surface area (Å²) in [4.78, 5) is 14.8. The lowest BCUT2D eigenvalue weighted by atomic mass is 9.93. The van der Waals surface area contributed by atoms with E-state index in [0.717, 1.165) is 25.2 Å². The van der Waals surface area contributed by atoms with E-state index in [0.29, 0.717) is 11.9 Å². The van der Waals surface area contributed by atoms with Gasteiger partial charge >= 0.3 is 6.18 Å². The number of alkyl halides is 3. The average Bonchev–Trinajstić information content (AvgIpc) is 2.47. The molecule has 0 amide bonds. The van der Waals surface area contributed by atoms with Gasteiger partial charge in [0.05, 0.1) is 11.1 Å². The maximum atomic E-state index is 13.8. The second-order valence-electron chi connectivity index (χ2n) is 7.10. The maximum absolute atomic E-state index is 13.8. The first-order valence-corrected chi connectivity index (χ1v) is 8.65. The standard InChI is InChI=1S/C19H23F3N2O/c1-12(2)16-17(19(20,21)22)14-11-13(7-10-24-8-4-9-24)5-6-15(14)23(3)18(16)25/h5-6,11-12H,4,7-10H2,1-3H3. The van der Waals surface area contributed by atoms with Gasteiger partial charge in [0.1, 0.15) is 0 Å². The van der Waals surface area contributed by atoms with E-state index in [1.807, 2.05) is 6.07 Å². The average molecular weight is 352 g/mol. The van der Waals surface area contributed by atoms with Crippen LogP contribution in [-0.2, 0) is 19.6 Å². The van der Waals surface area contributed by atoms with E-state index in [2.05, 4.69) is 4.90 Å². The fourth-order valence-electron chi connectivity index (χ4n) is 3.51. The Morgan fingerprint density at radius 1 is 1.20 bits per heavy atom. The highest BCUT2D eigenvalue weighted by atomic mass is 19.4. The van der Waals surface area contributed by atoms with Crippen LogP contribution in [0.5, 0.6) is 0 Å². The van der Waals surface area contributed by atoms with E-state index in [1.54, 1.807) is 26.0 Å². The van der Waals surface area contributed by atoms with Crippen molar-refractivity contribution < 1.29 is 13.2 Å². The van der Waals surface area contributed by atoms with Crippen molar-refractivity contribution in [3.63, 3.8) is 0 Å². The number of likely N-dealkylation sites (tertiary alicyclic amines) is 1. The van der Waals surface area contributed by atoms with Gasteiger partial charge in [-0.15, -0.1) is 0 Å².